The van der Waals surface area contributed by atoms with Crippen molar-refractivity contribution in [1.82, 2.24) is 0 Å². The number of esters is 1. The Morgan fingerprint density at radius 3 is 2.38 bits per heavy atom. The lowest BCUT2D eigenvalue weighted by molar-refractivity contribution is -0.384. The Balaban J connectivity index is 1.78. The highest BCUT2D eigenvalue weighted by Crippen LogP contribution is 2.26. The van der Waals surface area contributed by atoms with E-state index in [9.17, 15) is 24.5 Å². The van der Waals surface area contributed by atoms with Crippen molar-refractivity contribution < 1.29 is 28.8 Å². The Morgan fingerprint density at radius 2 is 1.79 bits per heavy atom. The second-order valence-corrected chi connectivity index (χ2v) is 6.13. The molecule has 0 aliphatic heterocycles. The Morgan fingerprint density at radius 1 is 1.10 bits per heavy atom. The summed E-state index contributed by atoms with van der Waals surface area (Å²) in [6, 6.07) is 9.84. The van der Waals surface area contributed by atoms with Gasteiger partial charge in [0.1, 0.15) is 5.75 Å². The number of halogens is 1. The molecule has 0 fully saturated rings. The SMILES string of the molecule is CCC(=O)c1ccc(OCC(=O)OCC(=O)Nc2ccc([N+](=O)[O-])cc2Cl)cc1. The number of rotatable bonds is 9. The van der Waals surface area contributed by atoms with Gasteiger partial charge in [-0.05, 0) is 30.3 Å². The molecule has 10 heteroatoms. The minimum atomic E-state index is -0.774. The third-order valence-corrected chi connectivity index (χ3v) is 3.97. The molecular weight excluding hydrogens is 404 g/mol. The number of nitrogens with one attached hydrogen (secondary N) is 1. The van der Waals surface area contributed by atoms with Crippen LogP contribution in [0.4, 0.5) is 11.4 Å². The zero-order valence-electron chi connectivity index (χ0n) is 15.3. The summed E-state index contributed by atoms with van der Waals surface area (Å²) in [6.45, 7) is 0.751. The molecule has 0 aromatic heterocycles. The first kappa shape index (κ1) is 21.8. The molecule has 2 aromatic rings. The Labute approximate surface area is 170 Å². The van der Waals surface area contributed by atoms with Gasteiger partial charge in [-0.1, -0.05) is 18.5 Å². The van der Waals surface area contributed by atoms with Crippen molar-refractivity contribution in [3.05, 3.63) is 63.2 Å². The lowest BCUT2D eigenvalue weighted by Gasteiger charge is -2.09. The van der Waals surface area contributed by atoms with Crippen molar-refractivity contribution in [3.63, 3.8) is 0 Å². The first-order valence-corrected chi connectivity index (χ1v) is 8.83. The van der Waals surface area contributed by atoms with Crippen LogP contribution in [0.2, 0.25) is 5.02 Å². The van der Waals surface area contributed by atoms with E-state index in [0.29, 0.717) is 17.7 Å². The van der Waals surface area contributed by atoms with E-state index < -0.39 is 30.0 Å². The van der Waals surface area contributed by atoms with Crippen LogP contribution >= 0.6 is 11.6 Å². The summed E-state index contributed by atoms with van der Waals surface area (Å²) in [5.74, 6) is -1.08. The van der Waals surface area contributed by atoms with E-state index in [1.807, 2.05) is 0 Å². The number of nitrogens with zero attached hydrogens (tertiary/aromatic N) is 1. The van der Waals surface area contributed by atoms with Crippen LogP contribution in [0, 0.1) is 10.1 Å². The largest absolute Gasteiger partial charge is 0.482 e. The Hall–Kier alpha value is -3.46. The standard InChI is InChI=1S/C19H17ClN2O7/c1-2-17(23)12-3-6-14(7-4-12)28-11-19(25)29-10-18(24)21-16-8-5-13(22(26)27)9-15(16)20/h3-9H,2,10-11H2,1H3,(H,21,24). The van der Waals surface area contributed by atoms with Gasteiger partial charge >= 0.3 is 5.97 Å². The second kappa shape index (κ2) is 10.2. The number of hydrogen-bond donors (Lipinski definition) is 1. The number of ketones is 1. The lowest BCUT2D eigenvalue weighted by atomic mass is 10.1. The van der Waals surface area contributed by atoms with E-state index in [2.05, 4.69) is 5.32 Å². The minimum absolute atomic E-state index is 0.00454. The molecule has 0 saturated heterocycles. The van der Waals surface area contributed by atoms with Crippen LogP contribution in [0.25, 0.3) is 0 Å². The smallest absolute Gasteiger partial charge is 0.344 e. The fourth-order valence-electron chi connectivity index (χ4n) is 2.18. The molecule has 0 heterocycles. The summed E-state index contributed by atoms with van der Waals surface area (Å²) in [6.07, 6.45) is 0.389. The number of carbonyl (C=O) groups is 3. The van der Waals surface area contributed by atoms with Crippen LogP contribution in [-0.4, -0.2) is 35.8 Å². The average molecular weight is 421 g/mol. The van der Waals surface area contributed by atoms with Gasteiger partial charge in [-0.3, -0.25) is 19.7 Å². The van der Waals surface area contributed by atoms with Crippen LogP contribution in [0.3, 0.4) is 0 Å². The molecule has 1 amide bonds. The molecule has 0 spiro atoms. The van der Waals surface area contributed by atoms with E-state index in [-0.39, 0.29) is 22.2 Å². The van der Waals surface area contributed by atoms with Crippen molar-refractivity contribution in [2.45, 2.75) is 13.3 Å². The Bertz CT molecular complexity index is 929. The number of amides is 1. The van der Waals surface area contributed by atoms with Crippen LogP contribution in [-0.2, 0) is 14.3 Å². The Kier molecular flexibility index (Phi) is 7.67. The molecule has 2 rings (SSSR count). The quantitative estimate of drug-likeness (QED) is 0.285. The summed E-state index contributed by atoms with van der Waals surface area (Å²) in [5.41, 5.74) is 0.476. The normalized spacial score (nSPS) is 10.1. The highest BCUT2D eigenvalue weighted by Gasteiger charge is 2.13. The molecule has 0 unspecified atom stereocenters. The van der Waals surface area contributed by atoms with Gasteiger partial charge in [0.15, 0.2) is 19.0 Å². The molecule has 29 heavy (non-hydrogen) atoms. The number of carbonyl (C=O) groups excluding carboxylic acids is 3. The van der Waals surface area contributed by atoms with Crippen LogP contribution in [0.1, 0.15) is 23.7 Å². The number of hydrogen-bond acceptors (Lipinski definition) is 7. The maximum atomic E-state index is 11.8. The number of benzene rings is 2. The molecule has 1 N–H and O–H groups in total. The summed E-state index contributed by atoms with van der Waals surface area (Å²) in [7, 11) is 0. The number of ether oxygens (including phenoxy) is 2. The number of non-ortho nitro benzene ring substituents is 1. The maximum absolute atomic E-state index is 11.8. The first-order chi connectivity index (χ1) is 13.8. The highest BCUT2D eigenvalue weighted by molar-refractivity contribution is 6.34. The number of nitro groups is 1. The third kappa shape index (κ3) is 6.58. The summed E-state index contributed by atoms with van der Waals surface area (Å²) in [4.78, 5) is 45.1. The average Bonchev–Trinajstić information content (AvgIpc) is 2.71. The van der Waals surface area contributed by atoms with Gasteiger partial charge in [-0.25, -0.2) is 4.79 Å². The van der Waals surface area contributed by atoms with E-state index in [1.165, 1.54) is 12.1 Å². The number of Topliss-reactive ketones (excluding diaryl/α,β-unsaturated/α-hetero) is 1. The van der Waals surface area contributed by atoms with Gasteiger partial charge in [0.2, 0.25) is 0 Å². The molecule has 0 bridgehead atoms. The van der Waals surface area contributed by atoms with Crippen LogP contribution in [0.15, 0.2) is 42.5 Å². The van der Waals surface area contributed by atoms with Gasteiger partial charge in [0.25, 0.3) is 11.6 Å². The van der Waals surface area contributed by atoms with Gasteiger partial charge < -0.3 is 14.8 Å². The van der Waals surface area contributed by atoms with E-state index >= 15 is 0 Å². The molecular formula is C19H17ClN2O7. The van der Waals surface area contributed by atoms with Crippen molar-refractivity contribution >= 4 is 40.6 Å². The van der Waals surface area contributed by atoms with E-state index in [1.54, 1.807) is 31.2 Å². The lowest BCUT2D eigenvalue weighted by Crippen LogP contribution is -2.23. The van der Waals surface area contributed by atoms with Crippen molar-refractivity contribution in [2.24, 2.45) is 0 Å². The molecule has 9 nitrogen and oxygen atoms in total. The maximum Gasteiger partial charge on any atom is 0.344 e. The van der Waals surface area contributed by atoms with Gasteiger partial charge in [-0.2, -0.15) is 0 Å². The highest BCUT2D eigenvalue weighted by atomic mass is 35.5. The van der Waals surface area contributed by atoms with E-state index in [0.717, 1.165) is 6.07 Å². The van der Waals surface area contributed by atoms with E-state index in [4.69, 9.17) is 21.1 Å². The minimum Gasteiger partial charge on any atom is -0.482 e. The zero-order valence-corrected chi connectivity index (χ0v) is 16.1. The monoisotopic (exact) mass is 420 g/mol. The predicted molar refractivity (Wildman–Crippen MR) is 104 cm³/mol. The number of anilines is 1. The molecule has 0 radical (unpaired) electrons. The van der Waals surface area contributed by atoms with Gasteiger partial charge in [0, 0.05) is 24.1 Å². The third-order valence-electron chi connectivity index (χ3n) is 3.66. The molecule has 152 valence electrons. The van der Waals surface area contributed by atoms with Crippen molar-refractivity contribution in [2.75, 3.05) is 18.5 Å². The molecule has 2 aromatic carbocycles. The van der Waals surface area contributed by atoms with Crippen LogP contribution < -0.4 is 10.1 Å². The zero-order chi connectivity index (χ0) is 21.4. The molecule has 0 atom stereocenters. The fraction of sp³-hybridized carbons (Fsp3) is 0.211. The summed E-state index contributed by atoms with van der Waals surface area (Å²) in [5, 5.41) is 13.0. The summed E-state index contributed by atoms with van der Waals surface area (Å²) < 4.78 is 10.0. The summed E-state index contributed by atoms with van der Waals surface area (Å²) >= 11 is 5.87. The first-order valence-electron chi connectivity index (χ1n) is 8.45. The van der Waals surface area contributed by atoms with Crippen molar-refractivity contribution in [1.29, 1.82) is 0 Å². The van der Waals surface area contributed by atoms with Gasteiger partial charge in [0.05, 0.1) is 15.6 Å². The van der Waals surface area contributed by atoms with Gasteiger partial charge in [-0.15, -0.1) is 0 Å². The van der Waals surface area contributed by atoms with Crippen LogP contribution in [0.5, 0.6) is 5.75 Å². The predicted octanol–water partition coefficient (Wildman–Crippen LogP) is 3.40. The molecule has 0 saturated carbocycles. The number of nitro benzene ring substituents is 1. The van der Waals surface area contributed by atoms with Crippen molar-refractivity contribution in [3.8, 4) is 5.75 Å². The second-order valence-electron chi connectivity index (χ2n) is 5.72. The fourth-order valence-corrected chi connectivity index (χ4v) is 2.40. The molecule has 0 aliphatic rings. The topological polar surface area (TPSA) is 125 Å². The molecule has 0 aliphatic carbocycles.